The normalized spacial score (nSPS) is 24.2. The number of benzene rings is 2. The van der Waals surface area contributed by atoms with Gasteiger partial charge in [0.1, 0.15) is 17.3 Å². The minimum Gasteiger partial charge on any atom is -0.457 e. The zero-order valence-corrected chi connectivity index (χ0v) is 14.2. The number of aliphatic hydroxyl groups is 1. The Labute approximate surface area is 148 Å². The maximum absolute atomic E-state index is 14.7. The number of hydrogen-bond donors (Lipinski definition) is 1. The molecule has 0 spiro atoms. The number of ether oxygens (including phenoxy) is 1. The van der Waals surface area contributed by atoms with E-state index in [-0.39, 0.29) is 34.6 Å². The predicted octanol–water partition coefficient (Wildman–Crippen LogP) is 4.55. The molecule has 2 aliphatic carbocycles. The van der Waals surface area contributed by atoms with Gasteiger partial charge in [0.25, 0.3) is 5.92 Å². The molecule has 2 aliphatic rings. The van der Waals surface area contributed by atoms with Crippen molar-refractivity contribution in [1.82, 2.24) is 0 Å². The van der Waals surface area contributed by atoms with Crippen LogP contribution in [0.2, 0.25) is 0 Å². The van der Waals surface area contributed by atoms with Crippen LogP contribution >= 0.6 is 0 Å². The second-order valence-electron chi connectivity index (χ2n) is 7.66. The molecule has 0 radical (unpaired) electrons. The monoisotopic (exact) mass is 359 g/mol. The molecule has 0 amide bonds. The number of nitriles is 1. The SMILES string of the molecule is CC1(C)CC2(O)c3c1ccc(Oc1cc(F)cc(C#N)c1)c3CC2(F)F. The second-order valence-corrected chi connectivity index (χ2v) is 7.66. The molecule has 1 atom stereocenters. The number of alkyl halides is 2. The quantitative estimate of drug-likeness (QED) is 0.856. The van der Waals surface area contributed by atoms with Crippen LogP contribution in [0.4, 0.5) is 13.2 Å². The third kappa shape index (κ3) is 2.17. The van der Waals surface area contributed by atoms with Crippen LogP contribution in [0, 0.1) is 17.1 Å². The molecular formula is C20H16F3NO2. The first-order chi connectivity index (χ1) is 12.1. The van der Waals surface area contributed by atoms with Crippen molar-refractivity contribution in [2.45, 2.75) is 43.6 Å². The summed E-state index contributed by atoms with van der Waals surface area (Å²) in [6, 6.07) is 8.56. The summed E-state index contributed by atoms with van der Waals surface area (Å²) >= 11 is 0. The van der Waals surface area contributed by atoms with E-state index in [2.05, 4.69) is 0 Å². The lowest BCUT2D eigenvalue weighted by Crippen LogP contribution is -2.41. The Kier molecular flexibility index (Phi) is 3.26. The third-order valence-corrected chi connectivity index (χ3v) is 5.34. The molecule has 0 bridgehead atoms. The summed E-state index contributed by atoms with van der Waals surface area (Å²) in [5, 5.41) is 19.7. The van der Waals surface area contributed by atoms with E-state index in [1.807, 2.05) is 19.9 Å². The average Bonchev–Trinajstić information content (AvgIpc) is 2.87. The van der Waals surface area contributed by atoms with Gasteiger partial charge in [-0.2, -0.15) is 5.26 Å². The standard InChI is InChI=1S/C20H16F3NO2/c1-18(2)10-19(25)17-14(8-20(19,22)23)16(4-3-15(17)18)26-13-6-11(9-24)5-12(21)7-13/h3-7,25H,8,10H2,1-2H3. The summed E-state index contributed by atoms with van der Waals surface area (Å²) < 4.78 is 48.6. The van der Waals surface area contributed by atoms with E-state index < -0.39 is 29.2 Å². The van der Waals surface area contributed by atoms with Crippen LogP contribution in [-0.2, 0) is 17.4 Å². The molecule has 0 heterocycles. The van der Waals surface area contributed by atoms with Gasteiger partial charge in [0, 0.05) is 23.6 Å². The van der Waals surface area contributed by atoms with Crippen molar-refractivity contribution in [3.8, 4) is 17.6 Å². The van der Waals surface area contributed by atoms with Gasteiger partial charge in [0.2, 0.25) is 0 Å². The van der Waals surface area contributed by atoms with Crippen molar-refractivity contribution >= 4 is 0 Å². The molecule has 1 N–H and O–H groups in total. The molecule has 2 aromatic carbocycles. The predicted molar refractivity (Wildman–Crippen MR) is 87.8 cm³/mol. The average molecular weight is 359 g/mol. The lowest BCUT2D eigenvalue weighted by molar-refractivity contribution is -0.178. The Balaban J connectivity index is 1.85. The second kappa shape index (κ2) is 5.01. The fourth-order valence-corrected chi connectivity index (χ4v) is 4.25. The molecule has 6 heteroatoms. The van der Waals surface area contributed by atoms with Crippen LogP contribution in [0.15, 0.2) is 30.3 Å². The first kappa shape index (κ1) is 16.9. The van der Waals surface area contributed by atoms with Crippen molar-refractivity contribution in [2.75, 3.05) is 0 Å². The van der Waals surface area contributed by atoms with E-state index in [1.165, 1.54) is 6.07 Å². The minimum absolute atomic E-state index is 0.0498. The molecule has 0 saturated heterocycles. The molecule has 26 heavy (non-hydrogen) atoms. The van der Waals surface area contributed by atoms with Crippen LogP contribution in [0.1, 0.15) is 42.5 Å². The van der Waals surface area contributed by atoms with Gasteiger partial charge in [-0.05, 0) is 35.6 Å². The highest BCUT2D eigenvalue weighted by atomic mass is 19.3. The summed E-state index contributed by atoms with van der Waals surface area (Å²) in [6.07, 6.45) is -0.712. The van der Waals surface area contributed by atoms with Crippen molar-refractivity contribution in [1.29, 1.82) is 5.26 Å². The number of nitrogens with zero attached hydrogens (tertiary/aromatic N) is 1. The zero-order chi connectivity index (χ0) is 18.9. The summed E-state index contributed by atoms with van der Waals surface area (Å²) in [4.78, 5) is 0. The van der Waals surface area contributed by atoms with Gasteiger partial charge in [-0.3, -0.25) is 0 Å². The maximum Gasteiger partial charge on any atom is 0.284 e. The molecule has 0 fully saturated rings. The maximum atomic E-state index is 14.7. The summed E-state index contributed by atoms with van der Waals surface area (Å²) in [5.41, 5.74) is -1.60. The van der Waals surface area contributed by atoms with Crippen molar-refractivity contribution in [3.63, 3.8) is 0 Å². The Morgan fingerprint density at radius 1 is 1.19 bits per heavy atom. The van der Waals surface area contributed by atoms with Gasteiger partial charge in [-0.1, -0.05) is 19.9 Å². The molecule has 0 aromatic heterocycles. The lowest BCUT2D eigenvalue weighted by atomic mass is 9.83. The smallest absolute Gasteiger partial charge is 0.284 e. The molecule has 134 valence electrons. The summed E-state index contributed by atoms with van der Waals surface area (Å²) in [5.74, 6) is -3.77. The molecule has 3 nitrogen and oxygen atoms in total. The summed E-state index contributed by atoms with van der Waals surface area (Å²) in [6.45, 7) is 3.64. The van der Waals surface area contributed by atoms with E-state index in [4.69, 9.17) is 10.00 Å². The van der Waals surface area contributed by atoms with E-state index in [0.717, 1.165) is 12.1 Å². The van der Waals surface area contributed by atoms with Crippen molar-refractivity contribution in [2.24, 2.45) is 0 Å². The van der Waals surface area contributed by atoms with Crippen LogP contribution in [0.25, 0.3) is 0 Å². The van der Waals surface area contributed by atoms with E-state index >= 15 is 0 Å². The molecule has 1 unspecified atom stereocenters. The Bertz CT molecular complexity index is 978. The van der Waals surface area contributed by atoms with Crippen molar-refractivity contribution in [3.05, 3.63) is 58.4 Å². The van der Waals surface area contributed by atoms with Crippen molar-refractivity contribution < 1.29 is 23.0 Å². The topological polar surface area (TPSA) is 53.2 Å². The van der Waals surface area contributed by atoms with Gasteiger partial charge in [0.15, 0.2) is 5.60 Å². The fraction of sp³-hybridized carbons (Fsp3) is 0.350. The highest BCUT2D eigenvalue weighted by Crippen LogP contribution is 2.62. The van der Waals surface area contributed by atoms with E-state index in [1.54, 1.807) is 12.1 Å². The largest absolute Gasteiger partial charge is 0.457 e. The van der Waals surface area contributed by atoms with Gasteiger partial charge in [0.05, 0.1) is 11.6 Å². The Hall–Kier alpha value is -2.52. The number of halogens is 3. The minimum atomic E-state index is -3.31. The van der Waals surface area contributed by atoms with Gasteiger partial charge >= 0.3 is 0 Å². The summed E-state index contributed by atoms with van der Waals surface area (Å²) in [7, 11) is 0. The zero-order valence-electron chi connectivity index (χ0n) is 14.2. The highest BCUT2D eigenvalue weighted by Gasteiger charge is 2.66. The fourth-order valence-electron chi connectivity index (χ4n) is 4.25. The lowest BCUT2D eigenvalue weighted by Gasteiger charge is -2.29. The molecule has 2 aromatic rings. The third-order valence-electron chi connectivity index (χ3n) is 5.34. The Morgan fingerprint density at radius 3 is 2.62 bits per heavy atom. The molecule has 0 saturated carbocycles. The molecular weight excluding hydrogens is 343 g/mol. The van der Waals surface area contributed by atoms with Crippen LogP contribution in [-0.4, -0.2) is 11.0 Å². The Morgan fingerprint density at radius 2 is 1.92 bits per heavy atom. The van der Waals surface area contributed by atoms with Gasteiger partial charge in [-0.15, -0.1) is 0 Å². The number of rotatable bonds is 2. The van der Waals surface area contributed by atoms with Crippen LogP contribution in [0.5, 0.6) is 11.5 Å². The van der Waals surface area contributed by atoms with Crippen LogP contribution < -0.4 is 4.74 Å². The first-order valence-corrected chi connectivity index (χ1v) is 8.23. The van der Waals surface area contributed by atoms with Gasteiger partial charge in [-0.25, -0.2) is 13.2 Å². The van der Waals surface area contributed by atoms with E-state index in [9.17, 15) is 18.3 Å². The van der Waals surface area contributed by atoms with Crippen LogP contribution in [0.3, 0.4) is 0 Å². The number of hydrogen-bond acceptors (Lipinski definition) is 3. The molecule has 0 aliphatic heterocycles. The highest BCUT2D eigenvalue weighted by molar-refractivity contribution is 5.60. The van der Waals surface area contributed by atoms with Gasteiger partial charge < -0.3 is 9.84 Å². The van der Waals surface area contributed by atoms with E-state index in [0.29, 0.717) is 5.56 Å². The first-order valence-electron chi connectivity index (χ1n) is 8.23. The molecule has 4 rings (SSSR count).